The third-order valence-electron chi connectivity index (χ3n) is 6.88. The molecule has 7 nitrogen and oxygen atoms in total. The van der Waals surface area contributed by atoms with E-state index in [0.717, 1.165) is 67.9 Å². The Morgan fingerprint density at radius 3 is 2.43 bits per heavy atom. The van der Waals surface area contributed by atoms with Gasteiger partial charge in [0, 0.05) is 56.0 Å². The molecule has 0 spiro atoms. The molecule has 2 atom stereocenters. The summed E-state index contributed by atoms with van der Waals surface area (Å²) in [4.78, 5) is 21.3. The third-order valence-corrected chi connectivity index (χ3v) is 7.18. The maximum Gasteiger partial charge on any atom is 0.228 e. The van der Waals surface area contributed by atoms with Gasteiger partial charge in [0.25, 0.3) is 0 Å². The lowest BCUT2D eigenvalue weighted by Gasteiger charge is -2.41. The topological polar surface area (TPSA) is 57.6 Å². The van der Waals surface area contributed by atoms with Gasteiger partial charge in [-0.2, -0.15) is 9.97 Å². The number of anilines is 3. The van der Waals surface area contributed by atoms with E-state index >= 15 is 0 Å². The van der Waals surface area contributed by atoms with Gasteiger partial charge in [-0.15, -0.1) is 0 Å². The van der Waals surface area contributed by atoms with E-state index in [1.165, 1.54) is 12.1 Å². The van der Waals surface area contributed by atoms with E-state index in [1.807, 2.05) is 12.1 Å². The van der Waals surface area contributed by atoms with Crippen LogP contribution in [0.1, 0.15) is 26.7 Å². The minimum atomic E-state index is -0.258. The Morgan fingerprint density at radius 2 is 1.74 bits per heavy atom. The number of pyridine rings is 1. The maximum atomic E-state index is 13.6. The summed E-state index contributed by atoms with van der Waals surface area (Å²) in [6, 6.07) is 12.7. The summed E-state index contributed by atoms with van der Waals surface area (Å²) in [5, 5.41) is 0.609. The molecular formula is C26H30ClFN6O. The smallest absolute Gasteiger partial charge is 0.228 e. The van der Waals surface area contributed by atoms with Gasteiger partial charge in [0.05, 0.1) is 17.8 Å². The first-order valence-corrected chi connectivity index (χ1v) is 12.4. The second-order valence-electron chi connectivity index (χ2n) is 9.25. The minimum absolute atomic E-state index is 0.160. The largest absolute Gasteiger partial charge is 0.481 e. The number of nitrogens with zero attached hydrogens (tertiary/aromatic N) is 6. The molecule has 9 heteroatoms. The molecule has 0 N–H and O–H groups in total. The molecular weight excluding hydrogens is 467 g/mol. The number of ether oxygens (including phenoxy) is 1. The van der Waals surface area contributed by atoms with Crippen LogP contribution in [-0.4, -0.2) is 60.3 Å². The molecule has 35 heavy (non-hydrogen) atoms. The number of halogens is 2. The Morgan fingerprint density at radius 1 is 0.943 bits per heavy atom. The zero-order valence-electron chi connectivity index (χ0n) is 20.3. The summed E-state index contributed by atoms with van der Waals surface area (Å²) in [7, 11) is 1.60. The van der Waals surface area contributed by atoms with E-state index in [2.05, 4.69) is 33.5 Å². The fourth-order valence-electron chi connectivity index (χ4n) is 4.94. The number of methoxy groups -OCH3 is 1. The summed E-state index contributed by atoms with van der Waals surface area (Å²) in [6.07, 6.45) is 2.26. The summed E-state index contributed by atoms with van der Waals surface area (Å²) < 4.78 is 18.9. The van der Waals surface area contributed by atoms with Gasteiger partial charge < -0.3 is 19.4 Å². The van der Waals surface area contributed by atoms with Gasteiger partial charge >= 0.3 is 0 Å². The molecule has 2 aromatic heterocycles. The van der Waals surface area contributed by atoms with Crippen LogP contribution in [0.2, 0.25) is 5.02 Å². The van der Waals surface area contributed by atoms with Crippen molar-refractivity contribution in [3.8, 4) is 17.1 Å². The lowest BCUT2D eigenvalue weighted by Crippen LogP contribution is -2.52. The van der Waals surface area contributed by atoms with Gasteiger partial charge in [0.15, 0.2) is 5.82 Å². The fourth-order valence-corrected chi connectivity index (χ4v) is 5.16. The summed E-state index contributed by atoms with van der Waals surface area (Å²) in [5.41, 5.74) is 1.68. The molecule has 1 aromatic carbocycles. The number of hydrogen-bond donors (Lipinski definition) is 0. The number of hydrogen-bond acceptors (Lipinski definition) is 7. The second-order valence-corrected chi connectivity index (χ2v) is 9.66. The van der Waals surface area contributed by atoms with Crippen molar-refractivity contribution in [2.24, 2.45) is 0 Å². The Balaban J connectivity index is 1.46. The van der Waals surface area contributed by atoms with Crippen molar-refractivity contribution in [1.82, 2.24) is 15.0 Å². The highest BCUT2D eigenvalue weighted by atomic mass is 35.5. The van der Waals surface area contributed by atoms with Crippen LogP contribution in [0, 0.1) is 5.82 Å². The average molecular weight is 497 g/mol. The Bertz CT molecular complexity index is 1190. The monoisotopic (exact) mass is 496 g/mol. The van der Waals surface area contributed by atoms with E-state index in [1.54, 1.807) is 25.3 Å². The molecule has 3 aromatic rings. The molecule has 0 aliphatic carbocycles. The van der Waals surface area contributed by atoms with Crippen LogP contribution in [0.4, 0.5) is 22.0 Å². The van der Waals surface area contributed by atoms with E-state index in [-0.39, 0.29) is 11.9 Å². The summed E-state index contributed by atoms with van der Waals surface area (Å²) in [5.74, 6) is 2.64. The molecule has 0 bridgehead atoms. The Hall–Kier alpha value is -3.13. The second kappa shape index (κ2) is 9.85. The van der Waals surface area contributed by atoms with Gasteiger partial charge in [0.2, 0.25) is 11.8 Å². The SMILES string of the molecule is COc1ccc(Cl)c(N2CCN(c3cc(-c4ccc(F)cc4)nc(N4CCCC4C)n3)C(C)C2)n1. The van der Waals surface area contributed by atoms with Crippen molar-refractivity contribution in [1.29, 1.82) is 0 Å². The number of aromatic nitrogens is 3. The first-order valence-electron chi connectivity index (χ1n) is 12.1. The number of benzene rings is 1. The fraction of sp³-hybridized carbons (Fsp3) is 0.423. The highest BCUT2D eigenvalue weighted by Gasteiger charge is 2.29. The van der Waals surface area contributed by atoms with Gasteiger partial charge in [-0.1, -0.05) is 11.6 Å². The van der Waals surface area contributed by atoms with Gasteiger partial charge in [0.1, 0.15) is 11.6 Å². The summed E-state index contributed by atoms with van der Waals surface area (Å²) in [6.45, 7) is 7.58. The zero-order chi connectivity index (χ0) is 24.5. The normalized spacial score (nSPS) is 20.4. The van der Waals surface area contributed by atoms with Gasteiger partial charge in [-0.25, -0.2) is 9.37 Å². The van der Waals surface area contributed by atoms with E-state index < -0.39 is 0 Å². The minimum Gasteiger partial charge on any atom is -0.481 e. The van der Waals surface area contributed by atoms with E-state index in [4.69, 9.17) is 26.3 Å². The van der Waals surface area contributed by atoms with Gasteiger partial charge in [-0.3, -0.25) is 0 Å². The average Bonchev–Trinajstić information content (AvgIpc) is 3.30. The molecule has 2 aliphatic heterocycles. The van der Waals surface area contributed by atoms with Crippen molar-refractivity contribution < 1.29 is 9.13 Å². The van der Waals surface area contributed by atoms with E-state index in [0.29, 0.717) is 16.9 Å². The lowest BCUT2D eigenvalue weighted by molar-refractivity contribution is 0.397. The molecule has 0 saturated carbocycles. The van der Waals surface area contributed by atoms with Gasteiger partial charge in [-0.05, 0) is 57.0 Å². The molecule has 5 rings (SSSR count). The molecule has 0 radical (unpaired) electrons. The molecule has 184 valence electrons. The van der Waals surface area contributed by atoms with Crippen molar-refractivity contribution in [3.05, 3.63) is 53.3 Å². The maximum absolute atomic E-state index is 13.6. The van der Waals surface area contributed by atoms with Crippen molar-refractivity contribution in [3.63, 3.8) is 0 Å². The molecule has 2 unspecified atom stereocenters. The quantitative estimate of drug-likeness (QED) is 0.490. The van der Waals surface area contributed by atoms with Crippen LogP contribution in [0.3, 0.4) is 0 Å². The molecule has 0 amide bonds. The molecule has 2 saturated heterocycles. The van der Waals surface area contributed by atoms with Crippen LogP contribution in [0.5, 0.6) is 5.88 Å². The molecule has 2 aliphatic rings. The third kappa shape index (κ3) is 4.85. The van der Waals surface area contributed by atoms with Crippen LogP contribution in [-0.2, 0) is 0 Å². The van der Waals surface area contributed by atoms with E-state index in [9.17, 15) is 4.39 Å². The highest BCUT2D eigenvalue weighted by Crippen LogP contribution is 2.32. The standard InChI is InChI=1S/C26H30ClFN6O/c1-17-5-4-12-34(17)26-29-22(19-6-8-20(28)9-7-19)15-23(30-26)33-14-13-32(16-18(33)2)25-21(27)10-11-24(31-25)35-3/h6-11,15,17-18H,4-5,12-14,16H2,1-3H3. The van der Waals surface area contributed by atoms with Crippen LogP contribution >= 0.6 is 11.6 Å². The highest BCUT2D eigenvalue weighted by molar-refractivity contribution is 6.33. The molecule has 4 heterocycles. The van der Waals surface area contributed by atoms with Crippen molar-refractivity contribution >= 4 is 29.2 Å². The lowest BCUT2D eigenvalue weighted by atomic mass is 10.1. The Labute approximate surface area is 210 Å². The molecule has 2 fully saturated rings. The first-order chi connectivity index (χ1) is 16.9. The summed E-state index contributed by atoms with van der Waals surface area (Å²) >= 11 is 6.47. The van der Waals surface area contributed by atoms with Crippen LogP contribution < -0.4 is 19.4 Å². The number of rotatable bonds is 5. The first kappa shape index (κ1) is 23.6. The predicted molar refractivity (Wildman–Crippen MR) is 138 cm³/mol. The van der Waals surface area contributed by atoms with Crippen LogP contribution in [0.25, 0.3) is 11.3 Å². The Kier molecular flexibility index (Phi) is 6.65. The number of piperazine rings is 1. The predicted octanol–water partition coefficient (Wildman–Crippen LogP) is 5.04. The zero-order valence-corrected chi connectivity index (χ0v) is 21.0. The van der Waals surface area contributed by atoms with Crippen molar-refractivity contribution in [2.45, 2.75) is 38.8 Å². The van der Waals surface area contributed by atoms with Crippen LogP contribution in [0.15, 0.2) is 42.5 Å². The van der Waals surface area contributed by atoms with Crippen molar-refractivity contribution in [2.75, 3.05) is 48.0 Å².